The van der Waals surface area contributed by atoms with Crippen molar-refractivity contribution >= 4 is 35.2 Å². The molecule has 0 bridgehead atoms. The van der Waals surface area contributed by atoms with E-state index in [-0.39, 0.29) is 10.7 Å². The number of carbonyl (C=O) groups excluding carboxylic acids is 1. The van der Waals surface area contributed by atoms with Gasteiger partial charge in [0, 0.05) is 12.3 Å². The van der Waals surface area contributed by atoms with Gasteiger partial charge in [0.2, 0.25) is 0 Å². The molecule has 7 heteroatoms. The molecule has 0 aliphatic rings. The Morgan fingerprint density at radius 3 is 2.70 bits per heavy atom. The monoisotopic (exact) mass is 332 g/mol. The van der Waals surface area contributed by atoms with Gasteiger partial charge in [-0.15, -0.1) is 0 Å². The summed E-state index contributed by atoms with van der Waals surface area (Å²) in [4.78, 5) is 26.2. The van der Waals surface area contributed by atoms with Crippen molar-refractivity contribution in [3.05, 3.63) is 68.2 Å². The number of nitro benzene ring substituents is 1. The molecule has 23 heavy (non-hydrogen) atoms. The minimum atomic E-state index is -0.553. The molecule has 2 aromatic rings. The first-order chi connectivity index (χ1) is 10.9. The summed E-state index contributed by atoms with van der Waals surface area (Å²) in [5.41, 5.74) is 2.16. The molecular weight excluding hydrogens is 320 g/mol. The average molecular weight is 333 g/mol. The Balaban J connectivity index is 2.35. The summed E-state index contributed by atoms with van der Waals surface area (Å²) in [5, 5.41) is 10.9. The number of hydrogen-bond donors (Lipinski definition) is 0. The molecule has 0 aliphatic carbocycles. The third-order valence-corrected chi connectivity index (χ3v) is 3.47. The summed E-state index contributed by atoms with van der Waals surface area (Å²) in [5.74, 6) is -0.455. The maximum absolute atomic E-state index is 11.5. The molecule has 0 amide bonds. The largest absolute Gasteiger partial charge is 0.465 e. The zero-order valence-corrected chi connectivity index (χ0v) is 13.2. The van der Waals surface area contributed by atoms with Crippen LogP contribution in [0.5, 0.6) is 0 Å². The van der Waals surface area contributed by atoms with Gasteiger partial charge in [-0.05, 0) is 36.2 Å². The topological polar surface area (TPSA) is 81.8 Å². The second-order valence-corrected chi connectivity index (χ2v) is 5.13. The van der Waals surface area contributed by atoms with E-state index < -0.39 is 10.9 Å². The average Bonchev–Trinajstić information content (AvgIpc) is 2.54. The van der Waals surface area contributed by atoms with Gasteiger partial charge in [0.15, 0.2) is 0 Å². The zero-order valence-electron chi connectivity index (χ0n) is 12.4. The van der Waals surface area contributed by atoms with Crippen molar-refractivity contribution in [2.45, 2.75) is 6.92 Å². The maximum atomic E-state index is 11.5. The van der Waals surface area contributed by atoms with Crippen molar-refractivity contribution in [2.75, 3.05) is 7.11 Å². The summed E-state index contributed by atoms with van der Waals surface area (Å²) in [6.07, 6.45) is 1.48. The molecule has 0 heterocycles. The van der Waals surface area contributed by atoms with E-state index in [4.69, 9.17) is 11.6 Å². The number of methoxy groups -OCH3 is 1. The van der Waals surface area contributed by atoms with Crippen LogP contribution in [0.25, 0.3) is 0 Å². The molecule has 0 aromatic heterocycles. The second-order valence-electron chi connectivity index (χ2n) is 4.72. The Kier molecular flexibility index (Phi) is 5.08. The molecule has 6 nitrogen and oxygen atoms in total. The van der Waals surface area contributed by atoms with E-state index in [9.17, 15) is 14.9 Å². The highest BCUT2D eigenvalue weighted by atomic mass is 35.5. The molecule has 0 aliphatic heterocycles. The van der Waals surface area contributed by atoms with Gasteiger partial charge in [-0.3, -0.25) is 15.1 Å². The molecular formula is C16H13ClN2O4. The number of benzene rings is 2. The summed E-state index contributed by atoms with van der Waals surface area (Å²) in [6, 6.07) is 9.40. The summed E-state index contributed by atoms with van der Waals surface area (Å²) in [7, 11) is 1.30. The van der Waals surface area contributed by atoms with Gasteiger partial charge in [-0.1, -0.05) is 23.7 Å². The van der Waals surface area contributed by atoms with Crippen LogP contribution in [-0.2, 0) is 4.74 Å². The molecule has 0 atom stereocenters. The number of nitrogens with zero attached hydrogens (tertiary/aromatic N) is 2. The quantitative estimate of drug-likeness (QED) is 0.365. The molecule has 2 aromatic carbocycles. The fourth-order valence-corrected chi connectivity index (χ4v) is 2.07. The number of aliphatic imine (C=N–C) groups is 1. The van der Waals surface area contributed by atoms with Gasteiger partial charge in [0.25, 0.3) is 5.69 Å². The normalized spacial score (nSPS) is 10.7. The molecule has 0 fully saturated rings. The lowest BCUT2D eigenvalue weighted by Gasteiger charge is -2.04. The predicted molar refractivity (Wildman–Crippen MR) is 87.9 cm³/mol. The van der Waals surface area contributed by atoms with E-state index in [0.717, 1.165) is 5.56 Å². The first-order valence-electron chi connectivity index (χ1n) is 6.59. The van der Waals surface area contributed by atoms with Gasteiger partial charge >= 0.3 is 5.97 Å². The molecule has 0 N–H and O–H groups in total. The fraction of sp³-hybridized carbons (Fsp3) is 0.125. The van der Waals surface area contributed by atoms with Crippen LogP contribution in [0.1, 0.15) is 21.5 Å². The zero-order chi connectivity index (χ0) is 17.0. The number of esters is 1. The maximum Gasteiger partial charge on any atom is 0.337 e. The first kappa shape index (κ1) is 16.6. The van der Waals surface area contributed by atoms with Crippen LogP contribution in [0, 0.1) is 17.0 Å². The fourth-order valence-electron chi connectivity index (χ4n) is 1.89. The highest BCUT2D eigenvalue weighted by molar-refractivity contribution is 6.32. The third-order valence-electron chi connectivity index (χ3n) is 3.15. The number of aryl methyl sites for hydroxylation is 1. The number of carbonyl (C=O) groups is 1. The number of halogens is 1. The third kappa shape index (κ3) is 3.92. The highest BCUT2D eigenvalue weighted by Crippen LogP contribution is 2.25. The highest BCUT2D eigenvalue weighted by Gasteiger charge is 2.12. The molecule has 0 unspecified atom stereocenters. The second kappa shape index (κ2) is 7.02. The van der Waals surface area contributed by atoms with Crippen molar-refractivity contribution < 1.29 is 14.5 Å². The Bertz CT molecular complexity index is 803. The predicted octanol–water partition coefficient (Wildman–Crippen LogP) is 4.09. The summed E-state index contributed by atoms with van der Waals surface area (Å²) >= 11 is 5.77. The molecule has 118 valence electrons. The molecule has 0 saturated carbocycles. The van der Waals surface area contributed by atoms with E-state index in [1.54, 1.807) is 24.3 Å². The lowest BCUT2D eigenvalue weighted by molar-refractivity contribution is -0.384. The Labute approximate surface area is 137 Å². The molecule has 0 saturated heterocycles. The van der Waals surface area contributed by atoms with E-state index in [1.165, 1.54) is 25.5 Å². The van der Waals surface area contributed by atoms with Gasteiger partial charge in [-0.25, -0.2) is 4.79 Å². The van der Waals surface area contributed by atoms with Gasteiger partial charge in [-0.2, -0.15) is 0 Å². The van der Waals surface area contributed by atoms with Crippen LogP contribution >= 0.6 is 11.6 Å². The van der Waals surface area contributed by atoms with Gasteiger partial charge < -0.3 is 4.74 Å². The Morgan fingerprint density at radius 2 is 2.04 bits per heavy atom. The SMILES string of the molecule is COC(=O)c1ccc(C)c(N=Cc2ccc(Cl)c([N+](=O)[O-])c2)c1. The van der Waals surface area contributed by atoms with Crippen LogP contribution in [0.2, 0.25) is 5.02 Å². The van der Waals surface area contributed by atoms with Crippen molar-refractivity contribution in [3.63, 3.8) is 0 Å². The van der Waals surface area contributed by atoms with E-state index in [0.29, 0.717) is 16.8 Å². The minimum absolute atomic E-state index is 0.0658. The van der Waals surface area contributed by atoms with E-state index >= 15 is 0 Å². The number of nitro groups is 1. The van der Waals surface area contributed by atoms with Gasteiger partial charge in [0.05, 0.1) is 23.3 Å². The van der Waals surface area contributed by atoms with Crippen LogP contribution in [0.4, 0.5) is 11.4 Å². The lowest BCUT2D eigenvalue weighted by atomic mass is 10.1. The standard InChI is InChI=1S/C16H13ClN2O4/c1-10-3-5-12(16(20)23-2)8-14(10)18-9-11-4-6-13(17)15(7-11)19(21)22/h3-9H,1-2H3. The van der Waals surface area contributed by atoms with Crippen LogP contribution < -0.4 is 0 Å². The van der Waals surface area contributed by atoms with Crippen molar-refractivity contribution in [1.82, 2.24) is 0 Å². The summed E-state index contributed by atoms with van der Waals surface area (Å²) < 4.78 is 4.67. The smallest absolute Gasteiger partial charge is 0.337 e. The number of rotatable bonds is 4. The Hall–Kier alpha value is -2.73. The van der Waals surface area contributed by atoms with Crippen molar-refractivity contribution in [1.29, 1.82) is 0 Å². The summed E-state index contributed by atoms with van der Waals surface area (Å²) in [6.45, 7) is 1.85. The van der Waals surface area contributed by atoms with E-state index in [2.05, 4.69) is 9.73 Å². The van der Waals surface area contributed by atoms with Crippen LogP contribution in [-0.4, -0.2) is 24.2 Å². The lowest BCUT2D eigenvalue weighted by Crippen LogP contribution is -2.00. The van der Waals surface area contributed by atoms with Crippen LogP contribution in [0.3, 0.4) is 0 Å². The molecule has 0 spiro atoms. The number of hydrogen-bond acceptors (Lipinski definition) is 5. The van der Waals surface area contributed by atoms with E-state index in [1.807, 2.05) is 6.92 Å². The minimum Gasteiger partial charge on any atom is -0.465 e. The molecule has 2 rings (SSSR count). The first-order valence-corrected chi connectivity index (χ1v) is 6.97. The van der Waals surface area contributed by atoms with Crippen molar-refractivity contribution in [3.8, 4) is 0 Å². The van der Waals surface area contributed by atoms with Gasteiger partial charge in [0.1, 0.15) is 5.02 Å². The van der Waals surface area contributed by atoms with Crippen LogP contribution in [0.15, 0.2) is 41.4 Å². The van der Waals surface area contributed by atoms with Crippen molar-refractivity contribution in [2.24, 2.45) is 4.99 Å². The molecule has 0 radical (unpaired) electrons. The number of ether oxygens (including phenoxy) is 1. The Morgan fingerprint density at radius 1 is 1.30 bits per heavy atom.